The van der Waals surface area contributed by atoms with Crippen LogP contribution in [0.3, 0.4) is 0 Å². The summed E-state index contributed by atoms with van der Waals surface area (Å²) in [4.78, 5) is 11.6. The summed E-state index contributed by atoms with van der Waals surface area (Å²) >= 11 is 5.81. The first kappa shape index (κ1) is 12.5. The Bertz CT molecular complexity index is 435. The molecule has 84 valence electrons. The van der Waals surface area contributed by atoms with Gasteiger partial charge in [-0.1, -0.05) is 23.7 Å². The number of hydrogen-bond acceptors (Lipinski definition) is 2. The third-order valence-electron chi connectivity index (χ3n) is 2.19. The maximum atomic E-state index is 11.6. The van der Waals surface area contributed by atoms with Gasteiger partial charge in [0.15, 0.2) is 0 Å². The Balaban J connectivity index is 2.60. The summed E-state index contributed by atoms with van der Waals surface area (Å²) in [5.74, 6) is -0.282. The Labute approximate surface area is 100 Å². The number of amides is 1. The third-order valence-corrected chi connectivity index (χ3v) is 2.42. The Hall–Kier alpha value is -1.53. The fourth-order valence-electron chi connectivity index (χ4n) is 1.10. The first-order chi connectivity index (χ1) is 7.45. The van der Waals surface area contributed by atoms with Crippen LogP contribution in [0.1, 0.15) is 19.4 Å². The van der Waals surface area contributed by atoms with Crippen molar-refractivity contribution < 1.29 is 4.79 Å². The first-order valence-corrected chi connectivity index (χ1v) is 5.27. The van der Waals surface area contributed by atoms with Crippen LogP contribution >= 0.6 is 11.6 Å². The molecule has 0 saturated carbocycles. The van der Waals surface area contributed by atoms with E-state index in [9.17, 15) is 4.79 Å². The number of hydrogen-bond donors (Lipinski definition) is 1. The molecular formula is C12H13ClN2O. The first-order valence-electron chi connectivity index (χ1n) is 4.90. The van der Waals surface area contributed by atoms with E-state index in [0.717, 1.165) is 5.56 Å². The van der Waals surface area contributed by atoms with E-state index in [-0.39, 0.29) is 5.91 Å². The number of carbonyl (C=O) groups is 1. The normalized spacial score (nSPS) is 10.6. The molecule has 0 radical (unpaired) electrons. The maximum Gasteiger partial charge on any atom is 0.240 e. The van der Waals surface area contributed by atoms with Gasteiger partial charge in [0.1, 0.15) is 5.41 Å². The lowest BCUT2D eigenvalue weighted by molar-refractivity contribution is -0.126. The predicted molar refractivity (Wildman–Crippen MR) is 62.7 cm³/mol. The lowest BCUT2D eigenvalue weighted by atomic mass is 9.95. The van der Waals surface area contributed by atoms with Crippen molar-refractivity contribution in [3.05, 3.63) is 34.9 Å². The molecule has 1 aromatic carbocycles. The number of nitrogens with zero attached hydrogens (tertiary/aromatic N) is 1. The summed E-state index contributed by atoms with van der Waals surface area (Å²) in [5.41, 5.74) is -0.0898. The zero-order chi connectivity index (χ0) is 12.2. The highest BCUT2D eigenvalue weighted by Crippen LogP contribution is 2.14. The summed E-state index contributed by atoms with van der Waals surface area (Å²) in [5, 5.41) is 12.1. The van der Waals surface area contributed by atoms with E-state index in [1.165, 1.54) is 0 Å². The van der Waals surface area contributed by atoms with Gasteiger partial charge in [0.05, 0.1) is 6.07 Å². The second-order valence-electron chi connectivity index (χ2n) is 4.05. The van der Waals surface area contributed by atoms with E-state index < -0.39 is 5.41 Å². The van der Waals surface area contributed by atoms with Crippen molar-refractivity contribution in [3.8, 4) is 6.07 Å². The standard InChI is InChI=1S/C12H13ClN2O/c1-12(2,8-14)11(16)15-7-9-4-3-5-10(13)6-9/h3-6H,7H2,1-2H3,(H,15,16). The molecule has 0 aliphatic carbocycles. The minimum Gasteiger partial charge on any atom is -0.351 e. The van der Waals surface area contributed by atoms with E-state index in [4.69, 9.17) is 16.9 Å². The van der Waals surface area contributed by atoms with Crippen LogP contribution in [0, 0.1) is 16.7 Å². The quantitative estimate of drug-likeness (QED) is 0.877. The molecule has 1 aromatic rings. The fraction of sp³-hybridized carbons (Fsp3) is 0.333. The van der Waals surface area contributed by atoms with Gasteiger partial charge in [-0.25, -0.2) is 0 Å². The van der Waals surface area contributed by atoms with Gasteiger partial charge in [-0.05, 0) is 31.5 Å². The topological polar surface area (TPSA) is 52.9 Å². The molecule has 3 nitrogen and oxygen atoms in total. The van der Waals surface area contributed by atoms with Crippen LogP contribution in [-0.4, -0.2) is 5.91 Å². The Morgan fingerprint density at radius 2 is 2.25 bits per heavy atom. The van der Waals surface area contributed by atoms with Crippen molar-refractivity contribution >= 4 is 17.5 Å². The number of carbonyl (C=O) groups excluding carboxylic acids is 1. The summed E-state index contributed by atoms with van der Waals surface area (Å²) in [7, 11) is 0. The lowest BCUT2D eigenvalue weighted by Gasteiger charge is -2.14. The zero-order valence-corrected chi connectivity index (χ0v) is 10.0. The molecule has 0 spiro atoms. The molecule has 0 saturated heterocycles. The fourth-order valence-corrected chi connectivity index (χ4v) is 1.31. The molecular weight excluding hydrogens is 224 g/mol. The summed E-state index contributed by atoms with van der Waals surface area (Å²) in [6.45, 7) is 3.55. The van der Waals surface area contributed by atoms with E-state index in [2.05, 4.69) is 5.32 Å². The highest BCUT2D eigenvalue weighted by molar-refractivity contribution is 6.30. The maximum absolute atomic E-state index is 11.6. The minimum absolute atomic E-state index is 0.282. The van der Waals surface area contributed by atoms with Gasteiger partial charge in [-0.2, -0.15) is 5.26 Å². The number of halogens is 1. The minimum atomic E-state index is -1.00. The van der Waals surface area contributed by atoms with Crippen LogP contribution in [0.25, 0.3) is 0 Å². The van der Waals surface area contributed by atoms with Crippen molar-refractivity contribution in [1.29, 1.82) is 5.26 Å². The highest BCUT2D eigenvalue weighted by Gasteiger charge is 2.26. The van der Waals surface area contributed by atoms with Gasteiger partial charge in [0, 0.05) is 11.6 Å². The van der Waals surface area contributed by atoms with Gasteiger partial charge in [-0.3, -0.25) is 4.79 Å². The zero-order valence-electron chi connectivity index (χ0n) is 9.25. The van der Waals surface area contributed by atoms with Crippen molar-refractivity contribution in [2.75, 3.05) is 0 Å². The van der Waals surface area contributed by atoms with Gasteiger partial charge in [0.2, 0.25) is 5.91 Å². The molecule has 0 atom stereocenters. The van der Waals surface area contributed by atoms with Crippen molar-refractivity contribution in [3.63, 3.8) is 0 Å². The SMILES string of the molecule is CC(C)(C#N)C(=O)NCc1cccc(Cl)c1. The third kappa shape index (κ3) is 3.25. The molecule has 0 heterocycles. The Kier molecular flexibility index (Phi) is 3.92. The number of rotatable bonds is 3. The van der Waals surface area contributed by atoms with Crippen LogP contribution in [0.4, 0.5) is 0 Å². The molecule has 1 N–H and O–H groups in total. The van der Waals surface area contributed by atoms with Crippen LogP contribution in [0.2, 0.25) is 5.02 Å². The molecule has 4 heteroatoms. The summed E-state index contributed by atoms with van der Waals surface area (Å²) in [6.07, 6.45) is 0. The van der Waals surface area contributed by atoms with Crippen molar-refractivity contribution in [2.24, 2.45) is 5.41 Å². The molecule has 0 bridgehead atoms. The van der Waals surface area contributed by atoms with Gasteiger partial charge >= 0.3 is 0 Å². The molecule has 1 amide bonds. The van der Waals surface area contributed by atoms with Crippen LogP contribution in [-0.2, 0) is 11.3 Å². The number of nitriles is 1. The molecule has 0 aromatic heterocycles. The second-order valence-corrected chi connectivity index (χ2v) is 4.49. The largest absolute Gasteiger partial charge is 0.351 e. The number of nitrogens with one attached hydrogen (secondary N) is 1. The average Bonchev–Trinajstić information content (AvgIpc) is 2.26. The van der Waals surface area contributed by atoms with Gasteiger partial charge in [0.25, 0.3) is 0 Å². The summed E-state index contributed by atoms with van der Waals surface area (Å²) in [6, 6.07) is 9.18. The smallest absolute Gasteiger partial charge is 0.240 e. The van der Waals surface area contributed by atoms with Gasteiger partial charge in [-0.15, -0.1) is 0 Å². The molecule has 0 unspecified atom stereocenters. The molecule has 0 aliphatic rings. The Morgan fingerprint density at radius 1 is 1.56 bits per heavy atom. The van der Waals surface area contributed by atoms with Crippen molar-refractivity contribution in [2.45, 2.75) is 20.4 Å². The summed E-state index contributed by atoms with van der Waals surface area (Å²) < 4.78 is 0. The molecule has 0 fully saturated rings. The van der Waals surface area contributed by atoms with E-state index in [1.54, 1.807) is 26.0 Å². The monoisotopic (exact) mass is 236 g/mol. The van der Waals surface area contributed by atoms with Crippen molar-refractivity contribution in [1.82, 2.24) is 5.32 Å². The highest BCUT2D eigenvalue weighted by atomic mass is 35.5. The molecule has 1 rings (SSSR count). The van der Waals surface area contributed by atoms with E-state index in [1.807, 2.05) is 18.2 Å². The van der Waals surface area contributed by atoms with E-state index in [0.29, 0.717) is 11.6 Å². The lowest BCUT2D eigenvalue weighted by Crippen LogP contribution is -2.35. The molecule has 0 aliphatic heterocycles. The molecule has 16 heavy (non-hydrogen) atoms. The van der Waals surface area contributed by atoms with Crippen LogP contribution < -0.4 is 5.32 Å². The van der Waals surface area contributed by atoms with E-state index >= 15 is 0 Å². The Morgan fingerprint density at radius 3 is 2.81 bits per heavy atom. The average molecular weight is 237 g/mol. The van der Waals surface area contributed by atoms with Crippen LogP contribution in [0.5, 0.6) is 0 Å². The number of benzene rings is 1. The second kappa shape index (κ2) is 5.00. The predicted octanol–water partition coefficient (Wildman–Crippen LogP) is 2.51. The van der Waals surface area contributed by atoms with Crippen LogP contribution in [0.15, 0.2) is 24.3 Å². The van der Waals surface area contributed by atoms with Gasteiger partial charge < -0.3 is 5.32 Å².